The third kappa shape index (κ3) is 46.8. The molecular formula is C53H98O6. The van der Waals surface area contributed by atoms with E-state index in [0.29, 0.717) is 19.3 Å². The molecule has 0 rings (SSSR count). The van der Waals surface area contributed by atoms with Crippen molar-refractivity contribution < 1.29 is 28.6 Å². The quantitative estimate of drug-likeness (QED) is 0.0263. The van der Waals surface area contributed by atoms with Crippen LogP contribution in [0.15, 0.2) is 24.3 Å². The van der Waals surface area contributed by atoms with E-state index in [4.69, 9.17) is 14.2 Å². The zero-order chi connectivity index (χ0) is 43.0. The highest BCUT2D eigenvalue weighted by Gasteiger charge is 2.19. The summed E-state index contributed by atoms with van der Waals surface area (Å²) >= 11 is 0. The molecule has 0 heterocycles. The first-order valence-corrected chi connectivity index (χ1v) is 25.8. The Morgan fingerprint density at radius 1 is 0.339 bits per heavy atom. The normalized spacial score (nSPS) is 11.7. The molecule has 0 amide bonds. The number of allylic oxidation sites excluding steroid dienone is 4. The van der Waals surface area contributed by atoms with Gasteiger partial charge in [-0.3, -0.25) is 14.4 Å². The van der Waals surface area contributed by atoms with Gasteiger partial charge in [-0.05, 0) is 51.4 Å². The van der Waals surface area contributed by atoms with Crippen molar-refractivity contribution in [3.8, 4) is 0 Å². The lowest BCUT2D eigenvalue weighted by atomic mass is 10.0. The van der Waals surface area contributed by atoms with Crippen LogP contribution < -0.4 is 0 Å². The van der Waals surface area contributed by atoms with Crippen LogP contribution in [0.5, 0.6) is 0 Å². The maximum absolute atomic E-state index is 12.8. The average Bonchev–Trinajstić information content (AvgIpc) is 3.23. The van der Waals surface area contributed by atoms with E-state index in [1.165, 1.54) is 167 Å². The Morgan fingerprint density at radius 2 is 0.610 bits per heavy atom. The number of rotatable bonds is 47. The summed E-state index contributed by atoms with van der Waals surface area (Å²) in [5.41, 5.74) is 0. The van der Waals surface area contributed by atoms with E-state index >= 15 is 0 Å². The SMILES string of the molecule is CCCCC/C=C\C/C=C\CCCCCCCCCC(=O)OC(COC(=O)CCCCCCCCCCCCCC)COC(=O)CCCCCCCCCCCCCC. The first-order chi connectivity index (χ1) is 29.0. The van der Waals surface area contributed by atoms with Crippen molar-refractivity contribution in [2.24, 2.45) is 0 Å². The van der Waals surface area contributed by atoms with Crippen molar-refractivity contribution in [3.05, 3.63) is 24.3 Å². The van der Waals surface area contributed by atoms with Crippen LogP contribution in [0.2, 0.25) is 0 Å². The summed E-state index contributed by atoms with van der Waals surface area (Å²) in [5.74, 6) is -0.865. The van der Waals surface area contributed by atoms with Gasteiger partial charge in [0.2, 0.25) is 0 Å². The van der Waals surface area contributed by atoms with Gasteiger partial charge in [0.05, 0.1) is 0 Å². The molecule has 0 aromatic carbocycles. The van der Waals surface area contributed by atoms with Gasteiger partial charge in [0.15, 0.2) is 6.10 Å². The monoisotopic (exact) mass is 831 g/mol. The first-order valence-electron chi connectivity index (χ1n) is 25.8. The lowest BCUT2D eigenvalue weighted by Gasteiger charge is -2.18. The van der Waals surface area contributed by atoms with Crippen LogP contribution in [-0.2, 0) is 28.6 Å². The predicted octanol–water partition coefficient (Wildman–Crippen LogP) is 16.8. The molecule has 6 heteroatoms. The molecule has 59 heavy (non-hydrogen) atoms. The van der Waals surface area contributed by atoms with Crippen molar-refractivity contribution >= 4 is 17.9 Å². The van der Waals surface area contributed by atoms with Crippen molar-refractivity contribution in [2.75, 3.05) is 13.2 Å². The summed E-state index contributed by atoms with van der Waals surface area (Å²) in [6, 6.07) is 0. The zero-order valence-electron chi connectivity index (χ0n) is 39.5. The number of hydrogen-bond acceptors (Lipinski definition) is 6. The minimum atomic E-state index is -0.768. The zero-order valence-corrected chi connectivity index (χ0v) is 39.5. The Balaban J connectivity index is 4.34. The van der Waals surface area contributed by atoms with Crippen LogP contribution in [0.1, 0.15) is 278 Å². The fourth-order valence-corrected chi connectivity index (χ4v) is 7.53. The van der Waals surface area contributed by atoms with E-state index < -0.39 is 6.10 Å². The fourth-order valence-electron chi connectivity index (χ4n) is 7.53. The average molecular weight is 831 g/mol. The van der Waals surface area contributed by atoms with Gasteiger partial charge in [0, 0.05) is 19.3 Å². The van der Waals surface area contributed by atoms with Crippen molar-refractivity contribution in [2.45, 2.75) is 284 Å². The molecule has 0 aromatic rings. The maximum atomic E-state index is 12.8. The van der Waals surface area contributed by atoms with Gasteiger partial charge in [-0.2, -0.15) is 0 Å². The van der Waals surface area contributed by atoms with E-state index in [-0.39, 0.29) is 31.1 Å². The van der Waals surface area contributed by atoms with Crippen molar-refractivity contribution in [3.63, 3.8) is 0 Å². The number of esters is 3. The highest BCUT2D eigenvalue weighted by molar-refractivity contribution is 5.71. The van der Waals surface area contributed by atoms with Crippen LogP contribution in [0.4, 0.5) is 0 Å². The Labute approximate surface area is 366 Å². The minimum absolute atomic E-state index is 0.0698. The lowest BCUT2D eigenvalue weighted by molar-refractivity contribution is -0.167. The van der Waals surface area contributed by atoms with Crippen LogP contribution in [0.3, 0.4) is 0 Å². The van der Waals surface area contributed by atoms with E-state index in [1.807, 2.05) is 0 Å². The second-order valence-electron chi connectivity index (χ2n) is 17.4. The summed E-state index contributed by atoms with van der Waals surface area (Å²) in [6.45, 7) is 6.62. The molecule has 346 valence electrons. The lowest BCUT2D eigenvalue weighted by Crippen LogP contribution is -2.30. The molecule has 0 aromatic heterocycles. The molecule has 0 atom stereocenters. The third-order valence-corrected chi connectivity index (χ3v) is 11.5. The Morgan fingerprint density at radius 3 is 0.966 bits per heavy atom. The molecule has 0 saturated carbocycles. The van der Waals surface area contributed by atoms with Gasteiger partial charge >= 0.3 is 17.9 Å². The minimum Gasteiger partial charge on any atom is -0.462 e. The second kappa shape index (κ2) is 48.6. The molecule has 0 N–H and O–H groups in total. The van der Waals surface area contributed by atoms with E-state index in [2.05, 4.69) is 45.1 Å². The number of ether oxygens (including phenoxy) is 3. The highest BCUT2D eigenvalue weighted by atomic mass is 16.6. The smallest absolute Gasteiger partial charge is 0.306 e. The molecule has 0 unspecified atom stereocenters. The topological polar surface area (TPSA) is 78.9 Å². The third-order valence-electron chi connectivity index (χ3n) is 11.5. The number of hydrogen-bond donors (Lipinski definition) is 0. The van der Waals surface area contributed by atoms with Gasteiger partial charge < -0.3 is 14.2 Å². The van der Waals surface area contributed by atoms with Crippen molar-refractivity contribution in [1.29, 1.82) is 0 Å². The van der Waals surface area contributed by atoms with Crippen LogP contribution in [-0.4, -0.2) is 37.2 Å². The highest BCUT2D eigenvalue weighted by Crippen LogP contribution is 2.16. The van der Waals surface area contributed by atoms with Crippen LogP contribution in [0.25, 0.3) is 0 Å². The van der Waals surface area contributed by atoms with Crippen LogP contribution in [0, 0.1) is 0 Å². The number of unbranched alkanes of at least 4 members (excludes halogenated alkanes) is 32. The second-order valence-corrected chi connectivity index (χ2v) is 17.4. The Bertz CT molecular complexity index is 914. The molecule has 0 fully saturated rings. The largest absolute Gasteiger partial charge is 0.462 e. The van der Waals surface area contributed by atoms with Gasteiger partial charge in [0.25, 0.3) is 0 Å². The molecule has 0 bridgehead atoms. The molecule has 0 spiro atoms. The molecule has 6 nitrogen and oxygen atoms in total. The van der Waals surface area contributed by atoms with E-state index in [0.717, 1.165) is 70.6 Å². The van der Waals surface area contributed by atoms with Gasteiger partial charge in [-0.15, -0.1) is 0 Å². The fraction of sp³-hybridized carbons (Fsp3) is 0.868. The van der Waals surface area contributed by atoms with E-state index in [1.54, 1.807) is 0 Å². The molecule has 0 aliphatic heterocycles. The summed E-state index contributed by atoms with van der Waals surface area (Å²) in [4.78, 5) is 37.9. The summed E-state index contributed by atoms with van der Waals surface area (Å²) in [5, 5.41) is 0. The molecule has 0 aliphatic rings. The summed E-state index contributed by atoms with van der Waals surface area (Å²) in [6.07, 6.45) is 54.4. The van der Waals surface area contributed by atoms with E-state index in [9.17, 15) is 14.4 Å². The van der Waals surface area contributed by atoms with Crippen LogP contribution >= 0.6 is 0 Å². The Kier molecular flexibility index (Phi) is 46.8. The molecular weight excluding hydrogens is 733 g/mol. The summed E-state index contributed by atoms with van der Waals surface area (Å²) < 4.78 is 16.8. The predicted molar refractivity (Wildman–Crippen MR) is 252 cm³/mol. The van der Waals surface area contributed by atoms with Gasteiger partial charge in [0.1, 0.15) is 13.2 Å². The molecule has 0 saturated heterocycles. The Hall–Kier alpha value is -2.11. The van der Waals surface area contributed by atoms with Gasteiger partial charge in [-0.25, -0.2) is 0 Å². The number of carbonyl (C=O) groups excluding carboxylic acids is 3. The maximum Gasteiger partial charge on any atom is 0.306 e. The standard InChI is InChI=1S/C53H98O6/c1-4-7-10-13-16-19-22-25-26-27-28-29-32-35-38-41-44-47-53(56)59-50(48-57-51(54)45-42-39-36-33-30-23-20-17-14-11-8-5-2)49-58-52(55)46-43-40-37-34-31-24-21-18-15-12-9-6-3/h16,19,25-26,50H,4-15,17-18,20-24,27-49H2,1-3H3/b19-16-,26-25-. The molecule has 0 radical (unpaired) electrons. The first kappa shape index (κ1) is 56.9. The summed E-state index contributed by atoms with van der Waals surface area (Å²) in [7, 11) is 0. The van der Waals surface area contributed by atoms with Crippen molar-refractivity contribution in [1.82, 2.24) is 0 Å². The number of carbonyl (C=O) groups is 3. The molecule has 0 aliphatic carbocycles. The van der Waals surface area contributed by atoms with Gasteiger partial charge in [-0.1, -0.05) is 231 Å².